The van der Waals surface area contributed by atoms with Crippen molar-refractivity contribution < 1.29 is 9.26 Å². The molecule has 0 bridgehead atoms. The molecule has 7 heteroatoms. The number of ether oxygens (including phenoxy) is 1. The SMILES string of the molecule is CCNC(=NCc1cc(C(C)C)no1)NC1C2CCOC2C1(C)C.I. The number of fused-ring (bicyclic) bond motifs is 1. The third-order valence-corrected chi connectivity index (χ3v) is 5.30. The highest BCUT2D eigenvalue weighted by Crippen LogP contribution is 2.52. The average Bonchev–Trinajstić information content (AvgIpc) is 3.17. The lowest BCUT2D eigenvalue weighted by Gasteiger charge is -2.54. The zero-order valence-electron chi connectivity index (χ0n) is 15.8. The molecule has 1 aliphatic carbocycles. The van der Waals surface area contributed by atoms with Gasteiger partial charge in [0.1, 0.15) is 6.54 Å². The number of rotatable bonds is 5. The van der Waals surface area contributed by atoms with E-state index < -0.39 is 0 Å². The van der Waals surface area contributed by atoms with Gasteiger partial charge in [0.25, 0.3) is 0 Å². The summed E-state index contributed by atoms with van der Waals surface area (Å²) in [6, 6.07) is 2.38. The zero-order chi connectivity index (χ0) is 17.3. The lowest BCUT2D eigenvalue weighted by atomic mass is 9.57. The average molecular weight is 462 g/mol. The fourth-order valence-corrected chi connectivity index (χ4v) is 3.92. The van der Waals surface area contributed by atoms with Gasteiger partial charge in [-0.25, -0.2) is 4.99 Å². The normalized spacial score (nSPS) is 27.4. The summed E-state index contributed by atoms with van der Waals surface area (Å²) in [5.41, 5.74) is 1.11. The number of hydrogen-bond donors (Lipinski definition) is 2. The summed E-state index contributed by atoms with van der Waals surface area (Å²) in [5, 5.41) is 11.0. The van der Waals surface area contributed by atoms with Gasteiger partial charge in [-0.15, -0.1) is 24.0 Å². The van der Waals surface area contributed by atoms with E-state index >= 15 is 0 Å². The number of halogens is 1. The van der Waals surface area contributed by atoms with Gasteiger partial charge in [-0.2, -0.15) is 0 Å². The minimum Gasteiger partial charge on any atom is -0.377 e. The van der Waals surface area contributed by atoms with Crippen LogP contribution in [0.5, 0.6) is 0 Å². The van der Waals surface area contributed by atoms with Crippen LogP contribution >= 0.6 is 24.0 Å². The lowest BCUT2D eigenvalue weighted by molar-refractivity contribution is -0.106. The van der Waals surface area contributed by atoms with Gasteiger partial charge in [-0.1, -0.05) is 32.9 Å². The van der Waals surface area contributed by atoms with Gasteiger partial charge in [0, 0.05) is 36.6 Å². The largest absolute Gasteiger partial charge is 0.377 e. The van der Waals surface area contributed by atoms with Crippen molar-refractivity contribution in [3.8, 4) is 0 Å². The van der Waals surface area contributed by atoms with Crippen molar-refractivity contribution in [2.45, 2.75) is 65.6 Å². The van der Waals surface area contributed by atoms with Gasteiger partial charge in [0.2, 0.25) is 0 Å². The van der Waals surface area contributed by atoms with E-state index in [0.717, 1.165) is 37.0 Å². The first-order valence-electron chi connectivity index (χ1n) is 9.05. The minimum absolute atomic E-state index is 0. The molecule has 2 fully saturated rings. The van der Waals surface area contributed by atoms with Crippen LogP contribution in [0.4, 0.5) is 0 Å². The second kappa shape index (κ2) is 8.24. The third kappa shape index (κ3) is 4.13. The van der Waals surface area contributed by atoms with Crippen LogP contribution in [0.1, 0.15) is 58.4 Å². The highest BCUT2D eigenvalue weighted by Gasteiger charge is 2.59. The van der Waals surface area contributed by atoms with E-state index in [-0.39, 0.29) is 29.4 Å². The van der Waals surface area contributed by atoms with E-state index in [4.69, 9.17) is 9.26 Å². The molecule has 3 rings (SSSR count). The molecular weight excluding hydrogens is 431 g/mol. The predicted octanol–water partition coefficient (Wildman–Crippen LogP) is 3.28. The Morgan fingerprint density at radius 3 is 2.84 bits per heavy atom. The van der Waals surface area contributed by atoms with Gasteiger partial charge < -0.3 is 19.9 Å². The molecule has 1 saturated heterocycles. The van der Waals surface area contributed by atoms with Crippen molar-refractivity contribution in [3.05, 3.63) is 17.5 Å². The van der Waals surface area contributed by atoms with Crippen LogP contribution in [0.25, 0.3) is 0 Å². The fourth-order valence-electron chi connectivity index (χ4n) is 3.92. The fraction of sp³-hybridized carbons (Fsp3) is 0.778. The first-order valence-corrected chi connectivity index (χ1v) is 9.05. The number of aliphatic imine (C=N–C) groups is 1. The number of nitrogens with one attached hydrogen (secondary N) is 2. The monoisotopic (exact) mass is 462 g/mol. The van der Waals surface area contributed by atoms with Crippen LogP contribution in [-0.2, 0) is 11.3 Å². The number of nitrogens with zero attached hydrogens (tertiary/aromatic N) is 2. The Labute approximate surface area is 167 Å². The van der Waals surface area contributed by atoms with Crippen LogP contribution in [0, 0.1) is 11.3 Å². The van der Waals surface area contributed by atoms with E-state index in [1.54, 1.807) is 0 Å². The molecule has 0 amide bonds. The van der Waals surface area contributed by atoms with Crippen molar-refractivity contribution in [3.63, 3.8) is 0 Å². The van der Waals surface area contributed by atoms with Gasteiger partial charge in [-0.05, 0) is 19.3 Å². The van der Waals surface area contributed by atoms with Gasteiger partial charge in [-0.3, -0.25) is 0 Å². The van der Waals surface area contributed by atoms with E-state index in [1.807, 2.05) is 6.07 Å². The Hall–Kier alpha value is -0.830. The van der Waals surface area contributed by atoms with Crippen molar-refractivity contribution >= 4 is 29.9 Å². The Balaban J connectivity index is 0.00000225. The van der Waals surface area contributed by atoms with E-state index in [9.17, 15) is 0 Å². The molecule has 3 unspecified atom stereocenters. The van der Waals surface area contributed by atoms with Gasteiger partial charge >= 0.3 is 0 Å². The van der Waals surface area contributed by atoms with Crippen molar-refractivity contribution in [1.82, 2.24) is 15.8 Å². The molecule has 1 aromatic heterocycles. The molecule has 0 spiro atoms. The predicted molar refractivity (Wildman–Crippen MR) is 109 cm³/mol. The number of aromatic nitrogens is 1. The van der Waals surface area contributed by atoms with E-state index in [2.05, 4.69) is 55.4 Å². The summed E-state index contributed by atoms with van der Waals surface area (Å²) in [6.07, 6.45) is 1.51. The summed E-state index contributed by atoms with van der Waals surface area (Å²) in [5.74, 6) is 2.59. The molecule has 2 N–H and O–H groups in total. The molecule has 1 aliphatic heterocycles. The molecule has 2 heterocycles. The minimum atomic E-state index is 0. The first-order chi connectivity index (χ1) is 11.4. The van der Waals surface area contributed by atoms with Crippen LogP contribution in [0.15, 0.2) is 15.6 Å². The molecule has 0 radical (unpaired) electrons. The molecule has 25 heavy (non-hydrogen) atoms. The summed E-state index contributed by atoms with van der Waals surface area (Å²) < 4.78 is 11.2. The molecule has 0 aromatic carbocycles. The molecular formula is C18H31IN4O2. The zero-order valence-corrected chi connectivity index (χ0v) is 18.2. The molecule has 1 saturated carbocycles. The maximum Gasteiger partial charge on any atom is 0.191 e. The van der Waals surface area contributed by atoms with Crippen LogP contribution in [0.3, 0.4) is 0 Å². The second-order valence-corrected chi connectivity index (χ2v) is 7.76. The molecule has 1 aromatic rings. The van der Waals surface area contributed by atoms with Gasteiger partial charge in [0.05, 0.1) is 11.8 Å². The maximum atomic E-state index is 5.87. The number of guanidine groups is 1. The molecule has 142 valence electrons. The smallest absolute Gasteiger partial charge is 0.191 e. The van der Waals surface area contributed by atoms with Crippen LogP contribution < -0.4 is 10.6 Å². The van der Waals surface area contributed by atoms with Crippen molar-refractivity contribution in [1.29, 1.82) is 0 Å². The second-order valence-electron chi connectivity index (χ2n) is 7.76. The number of hydrogen-bond acceptors (Lipinski definition) is 4. The molecule has 3 atom stereocenters. The Bertz CT molecular complexity index is 600. The van der Waals surface area contributed by atoms with Crippen LogP contribution in [0.2, 0.25) is 0 Å². The standard InChI is InChI=1S/C18H30N4O2.HI/c1-6-19-17(20-10-12-9-14(11(2)3)22-24-12)21-15-13-7-8-23-16(13)18(15,4)5;/h9,11,13,15-16H,6-8,10H2,1-5H3,(H2,19,20,21);1H. The summed E-state index contributed by atoms with van der Waals surface area (Å²) >= 11 is 0. The third-order valence-electron chi connectivity index (χ3n) is 5.30. The summed E-state index contributed by atoms with van der Waals surface area (Å²) in [4.78, 5) is 4.68. The highest BCUT2D eigenvalue weighted by molar-refractivity contribution is 14.0. The van der Waals surface area contributed by atoms with E-state index in [1.165, 1.54) is 0 Å². The van der Waals surface area contributed by atoms with Crippen molar-refractivity contribution in [2.75, 3.05) is 13.2 Å². The topological polar surface area (TPSA) is 71.7 Å². The quantitative estimate of drug-likeness (QED) is 0.399. The lowest BCUT2D eigenvalue weighted by Crippen LogP contribution is -2.67. The molecule has 6 nitrogen and oxygen atoms in total. The molecule has 2 aliphatic rings. The first kappa shape index (κ1) is 20.5. The van der Waals surface area contributed by atoms with Crippen LogP contribution in [-0.4, -0.2) is 36.4 Å². The summed E-state index contributed by atoms with van der Waals surface area (Å²) in [6.45, 7) is 13.0. The van der Waals surface area contributed by atoms with Gasteiger partial charge in [0.15, 0.2) is 11.7 Å². The summed E-state index contributed by atoms with van der Waals surface area (Å²) in [7, 11) is 0. The van der Waals surface area contributed by atoms with Crippen molar-refractivity contribution in [2.24, 2.45) is 16.3 Å². The highest BCUT2D eigenvalue weighted by atomic mass is 127. The maximum absolute atomic E-state index is 5.87. The Morgan fingerprint density at radius 1 is 1.44 bits per heavy atom. The van der Waals surface area contributed by atoms with E-state index in [0.29, 0.717) is 30.5 Å². The Morgan fingerprint density at radius 2 is 2.20 bits per heavy atom. The Kier molecular flexibility index (Phi) is 6.75.